The second-order valence-corrected chi connectivity index (χ2v) is 11.4. The van der Waals surface area contributed by atoms with Gasteiger partial charge >= 0.3 is 5.97 Å². The molecule has 36 heavy (non-hydrogen) atoms. The summed E-state index contributed by atoms with van der Waals surface area (Å²) in [5, 5.41) is 21.8. The van der Waals surface area contributed by atoms with Crippen LogP contribution >= 0.6 is 0 Å². The molecule has 0 saturated carbocycles. The Labute approximate surface area is 212 Å². The number of carbonyl (C=O) groups excluding carboxylic acids is 2. The molecule has 2 aliphatic rings. The number of hydrogen-bond acceptors (Lipinski definition) is 8. The number of carbonyl (C=O) groups is 2. The molecule has 2 aromatic rings. The lowest BCUT2D eigenvalue weighted by atomic mass is 9.73. The lowest BCUT2D eigenvalue weighted by Crippen LogP contribution is -2.45. The Bertz CT molecular complexity index is 1120. The zero-order valence-corrected chi connectivity index (χ0v) is 21.8. The minimum absolute atomic E-state index is 0.0807. The first kappa shape index (κ1) is 26.6. The molecule has 8 heteroatoms. The van der Waals surface area contributed by atoms with Crippen LogP contribution in [0.25, 0.3) is 11.0 Å². The number of rotatable bonds is 1. The van der Waals surface area contributed by atoms with Crippen LogP contribution in [0, 0.1) is 17.3 Å². The molecule has 0 amide bonds. The number of hydrogen-bond donors (Lipinski definition) is 2. The fraction of sp³-hybridized carbons (Fsp3) is 0.643. The van der Waals surface area contributed by atoms with Gasteiger partial charge < -0.3 is 19.7 Å². The van der Waals surface area contributed by atoms with E-state index in [-0.39, 0.29) is 29.8 Å². The zero-order valence-electron chi connectivity index (χ0n) is 21.8. The molecule has 0 unspecified atom stereocenters. The van der Waals surface area contributed by atoms with Gasteiger partial charge in [0.25, 0.3) is 0 Å². The molecule has 4 rings (SSSR count). The van der Waals surface area contributed by atoms with E-state index in [0.717, 1.165) is 30.3 Å². The summed E-state index contributed by atoms with van der Waals surface area (Å²) in [5.41, 5.74) is 0.680. The first-order valence-corrected chi connectivity index (χ1v) is 12.9. The maximum Gasteiger partial charge on any atom is 0.309 e. The van der Waals surface area contributed by atoms with Gasteiger partial charge in [-0.05, 0) is 43.4 Å². The number of ether oxygens (including phenoxy) is 2. The Kier molecular flexibility index (Phi) is 7.51. The quantitative estimate of drug-likeness (QED) is 0.448. The highest BCUT2D eigenvalue weighted by atomic mass is 16.6. The van der Waals surface area contributed by atoms with Crippen molar-refractivity contribution in [1.29, 1.82) is 0 Å². The molecule has 196 valence electrons. The number of aliphatic hydroxyl groups excluding tert-OH is 2. The summed E-state index contributed by atoms with van der Waals surface area (Å²) in [4.78, 5) is 34.9. The van der Waals surface area contributed by atoms with Gasteiger partial charge in [0.15, 0.2) is 0 Å². The van der Waals surface area contributed by atoms with Gasteiger partial charge in [-0.3, -0.25) is 19.6 Å². The van der Waals surface area contributed by atoms with E-state index in [0.29, 0.717) is 11.9 Å². The molecule has 2 saturated heterocycles. The number of benzene rings is 1. The first-order chi connectivity index (χ1) is 16.9. The van der Waals surface area contributed by atoms with Crippen molar-refractivity contribution >= 4 is 22.8 Å². The number of Topliss-reactive ketones (excluding diaryl/α,β-unsaturated/α-hetero) is 1. The molecule has 1 aromatic heterocycles. The van der Waals surface area contributed by atoms with Crippen LogP contribution in [0.3, 0.4) is 0 Å². The van der Waals surface area contributed by atoms with Crippen LogP contribution in [0.4, 0.5) is 0 Å². The molecule has 2 fully saturated rings. The number of ketones is 1. The third-order valence-corrected chi connectivity index (χ3v) is 8.27. The average Bonchev–Trinajstić information content (AvgIpc) is 3.49. The van der Waals surface area contributed by atoms with E-state index in [2.05, 4.69) is 16.9 Å². The van der Waals surface area contributed by atoms with E-state index in [1.807, 2.05) is 25.1 Å². The van der Waals surface area contributed by atoms with Crippen molar-refractivity contribution in [3.8, 4) is 0 Å². The lowest BCUT2D eigenvalue weighted by molar-refractivity contribution is -0.156. The molecule has 1 aromatic carbocycles. The van der Waals surface area contributed by atoms with Crippen LogP contribution in [0.15, 0.2) is 30.6 Å². The second kappa shape index (κ2) is 10.1. The highest BCUT2D eigenvalue weighted by Gasteiger charge is 2.53. The number of esters is 1. The zero-order chi connectivity index (χ0) is 26.3. The molecule has 8 nitrogen and oxygen atoms in total. The number of cyclic esters (lactones) is 1. The minimum atomic E-state index is -1.25. The molecule has 0 radical (unpaired) electrons. The Morgan fingerprint density at radius 1 is 1.03 bits per heavy atom. The van der Waals surface area contributed by atoms with Crippen molar-refractivity contribution < 1.29 is 29.3 Å². The van der Waals surface area contributed by atoms with E-state index in [9.17, 15) is 19.8 Å². The van der Waals surface area contributed by atoms with Crippen molar-refractivity contribution in [3.63, 3.8) is 0 Å². The predicted molar refractivity (Wildman–Crippen MR) is 134 cm³/mol. The normalized spacial score (nSPS) is 36.2. The Morgan fingerprint density at radius 2 is 1.72 bits per heavy atom. The number of nitrogens with zero attached hydrogens (tertiary/aromatic N) is 2. The van der Waals surface area contributed by atoms with Gasteiger partial charge in [-0.25, -0.2) is 0 Å². The van der Waals surface area contributed by atoms with E-state index in [1.165, 1.54) is 0 Å². The summed E-state index contributed by atoms with van der Waals surface area (Å²) in [5.74, 6) is -1.61. The molecular weight excluding hydrogens is 460 g/mol. The van der Waals surface area contributed by atoms with Gasteiger partial charge in [0.1, 0.15) is 11.9 Å². The minimum Gasteiger partial charge on any atom is -0.457 e. The van der Waals surface area contributed by atoms with Gasteiger partial charge in [-0.1, -0.05) is 40.2 Å². The summed E-state index contributed by atoms with van der Waals surface area (Å²) in [6.07, 6.45) is 3.06. The molecule has 7 atom stereocenters. The Morgan fingerprint density at radius 3 is 2.44 bits per heavy atom. The average molecular weight is 499 g/mol. The Hall–Kier alpha value is -2.42. The maximum absolute atomic E-state index is 13.2. The number of aliphatic hydroxyl groups is 2. The number of fused-ring (bicyclic) bond motifs is 2. The van der Waals surface area contributed by atoms with Crippen LogP contribution in [-0.2, 0) is 19.1 Å². The first-order valence-electron chi connectivity index (χ1n) is 12.9. The van der Waals surface area contributed by atoms with Crippen LogP contribution in [0.2, 0.25) is 0 Å². The van der Waals surface area contributed by atoms with Crippen molar-refractivity contribution in [1.82, 2.24) is 9.97 Å². The molecule has 3 heterocycles. The standard InChI is InChI=1S/C28H38N2O6/c1-16-7-6-10-28(5)23(36-28)14-21(18-8-9-19-20(13-18)30-12-11-29-19)35-24(32)15-22(31)27(3,4)26(34)17(2)25(16)33/h8-9,11-13,16-17,21-23,25,31,33H,6-7,10,14-15H2,1-5H3/t16-,17+,21-,22-,23-,25-,28+/m0/s1. The van der Waals surface area contributed by atoms with Gasteiger partial charge in [-0.15, -0.1) is 0 Å². The van der Waals surface area contributed by atoms with Gasteiger partial charge in [0, 0.05) is 24.7 Å². The third kappa shape index (κ3) is 5.45. The summed E-state index contributed by atoms with van der Waals surface area (Å²) in [7, 11) is 0. The molecule has 2 aliphatic heterocycles. The van der Waals surface area contributed by atoms with Crippen LogP contribution < -0.4 is 0 Å². The highest BCUT2D eigenvalue weighted by molar-refractivity contribution is 5.88. The summed E-state index contributed by atoms with van der Waals surface area (Å²) < 4.78 is 12.0. The predicted octanol–water partition coefficient (Wildman–Crippen LogP) is 3.93. The lowest BCUT2D eigenvalue weighted by Gasteiger charge is -2.34. The number of epoxide rings is 1. The van der Waals surface area contributed by atoms with Crippen molar-refractivity contribution in [2.45, 2.75) is 96.7 Å². The van der Waals surface area contributed by atoms with Crippen molar-refractivity contribution in [2.75, 3.05) is 0 Å². The fourth-order valence-corrected chi connectivity index (χ4v) is 5.40. The molecule has 0 bridgehead atoms. The molecular formula is C28H38N2O6. The van der Waals surface area contributed by atoms with Crippen molar-refractivity contribution in [3.05, 3.63) is 36.2 Å². The molecule has 0 spiro atoms. The summed E-state index contributed by atoms with van der Waals surface area (Å²) in [6, 6.07) is 5.59. The number of aromatic nitrogens is 2. The van der Waals surface area contributed by atoms with E-state index < -0.39 is 35.6 Å². The van der Waals surface area contributed by atoms with Crippen LogP contribution in [0.1, 0.15) is 78.4 Å². The maximum atomic E-state index is 13.2. The summed E-state index contributed by atoms with van der Waals surface area (Å²) >= 11 is 0. The van der Waals surface area contributed by atoms with Gasteiger partial charge in [0.2, 0.25) is 0 Å². The van der Waals surface area contributed by atoms with Crippen LogP contribution in [0.5, 0.6) is 0 Å². The highest BCUT2D eigenvalue weighted by Crippen LogP contribution is 2.46. The van der Waals surface area contributed by atoms with E-state index in [4.69, 9.17) is 9.47 Å². The van der Waals surface area contributed by atoms with E-state index >= 15 is 0 Å². The SMILES string of the molecule is C[C@H]1CCC[C@@]2(C)O[C@H]2C[C@@H](c2ccc3nccnc3c2)OC(=O)C[C@H](O)C(C)(C)C(=O)[C@H](C)[C@H]1O. The monoisotopic (exact) mass is 498 g/mol. The van der Waals surface area contributed by atoms with Crippen molar-refractivity contribution in [2.24, 2.45) is 17.3 Å². The molecule has 0 aliphatic carbocycles. The fourth-order valence-electron chi connectivity index (χ4n) is 5.40. The van der Waals surface area contributed by atoms with Crippen LogP contribution in [-0.4, -0.2) is 55.8 Å². The topological polar surface area (TPSA) is 122 Å². The smallest absolute Gasteiger partial charge is 0.309 e. The molecule has 2 N–H and O–H groups in total. The largest absolute Gasteiger partial charge is 0.457 e. The van der Waals surface area contributed by atoms with Gasteiger partial charge in [0.05, 0.1) is 46.8 Å². The third-order valence-electron chi connectivity index (χ3n) is 8.27. The van der Waals surface area contributed by atoms with Gasteiger partial charge in [-0.2, -0.15) is 0 Å². The Balaban J connectivity index is 1.62. The summed E-state index contributed by atoms with van der Waals surface area (Å²) in [6.45, 7) is 8.94. The van der Waals surface area contributed by atoms with E-state index in [1.54, 1.807) is 33.2 Å². The second-order valence-electron chi connectivity index (χ2n) is 11.4.